The van der Waals surface area contributed by atoms with E-state index in [1.165, 1.54) is 14.2 Å². The van der Waals surface area contributed by atoms with E-state index >= 15 is 0 Å². The Morgan fingerprint density at radius 2 is 1.70 bits per heavy atom. The van der Waals surface area contributed by atoms with Gasteiger partial charge in [-0.25, -0.2) is 4.79 Å². The Bertz CT molecular complexity index is 656. The van der Waals surface area contributed by atoms with Crippen LogP contribution in [0.5, 0.6) is 0 Å². The van der Waals surface area contributed by atoms with Crippen LogP contribution >= 0.6 is 0 Å². The van der Waals surface area contributed by atoms with Crippen molar-refractivity contribution in [2.75, 3.05) is 19.2 Å². The molecule has 0 spiro atoms. The predicted octanol–water partition coefficient (Wildman–Crippen LogP) is 1.51. The minimum Gasteiger partial charge on any atom is -0.469 e. The fourth-order valence-corrected chi connectivity index (χ4v) is 3.13. The average Bonchev–Trinajstić information content (AvgIpc) is 2.96. The van der Waals surface area contributed by atoms with Crippen LogP contribution in [0.1, 0.15) is 0 Å². The molecule has 0 radical (unpaired) electrons. The van der Waals surface area contributed by atoms with Gasteiger partial charge in [-0.2, -0.15) is 0 Å². The first kappa shape index (κ1) is 15.1. The van der Waals surface area contributed by atoms with Crippen LogP contribution in [-0.4, -0.2) is 43.3 Å². The van der Waals surface area contributed by atoms with Crippen molar-refractivity contribution in [2.24, 2.45) is 5.92 Å². The summed E-state index contributed by atoms with van der Waals surface area (Å²) < 4.78 is 9.89. The summed E-state index contributed by atoms with van der Waals surface area (Å²) in [5, 5.41) is 3.66. The molecule has 0 bridgehead atoms. The van der Waals surface area contributed by atoms with Crippen LogP contribution in [0.2, 0.25) is 0 Å². The van der Waals surface area contributed by atoms with Crippen LogP contribution in [-0.2, 0) is 19.1 Å². The minimum atomic E-state index is -0.785. The van der Waals surface area contributed by atoms with Gasteiger partial charge in [0.1, 0.15) is 5.92 Å². The number of allylic oxidation sites excluding steroid dienone is 2. The van der Waals surface area contributed by atoms with Gasteiger partial charge in [0.2, 0.25) is 0 Å². The van der Waals surface area contributed by atoms with Crippen LogP contribution in [0.25, 0.3) is 0 Å². The third-order valence-corrected chi connectivity index (χ3v) is 4.12. The monoisotopic (exact) mass is 314 g/mol. The number of fused-ring (bicyclic) bond motifs is 1. The van der Waals surface area contributed by atoms with Gasteiger partial charge < -0.3 is 9.47 Å². The molecule has 3 rings (SSSR count). The van der Waals surface area contributed by atoms with Crippen molar-refractivity contribution in [3.05, 3.63) is 54.8 Å². The molecule has 2 heterocycles. The van der Waals surface area contributed by atoms with Crippen molar-refractivity contribution in [1.29, 1.82) is 0 Å². The molecule has 1 saturated heterocycles. The lowest BCUT2D eigenvalue weighted by Gasteiger charge is -2.34. The number of esters is 2. The highest BCUT2D eigenvalue weighted by Gasteiger charge is 2.54. The van der Waals surface area contributed by atoms with Gasteiger partial charge in [-0.15, -0.1) is 0 Å². The normalized spacial score (nSPS) is 25.2. The molecule has 1 aromatic rings. The van der Waals surface area contributed by atoms with Gasteiger partial charge in [-0.1, -0.05) is 30.4 Å². The highest BCUT2D eigenvalue weighted by Crippen LogP contribution is 2.38. The summed E-state index contributed by atoms with van der Waals surface area (Å²) in [7, 11) is 2.65. The van der Waals surface area contributed by atoms with Gasteiger partial charge >= 0.3 is 11.9 Å². The van der Waals surface area contributed by atoms with E-state index in [1.807, 2.05) is 59.8 Å². The van der Waals surface area contributed by atoms with E-state index < -0.39 is 23.9 Å². The number of hydrazine groups is 1. The SMILES string of the molecule is COC(=O)[C@@H]1C2C=CC=CN2N(c2ccccc2)[C@H]1C(=O)OC. The van der Waals surface area contributed by atoms with E-state index in [9.17, 15) is 9.59 Å². The van der Waals surface area contributed by atoms with Crippen LogP contribution in [0.4, 0.5) is 5.69 Å². The fourth-order valence-electron chi connectivity index (χ4n) is 3.13. The quantitative estimate of drug-likeness (QED) is 0.788. The first-order chi connectivity index (χ1) is 11.2. The Kier molecular flexibility index (Phi) is 4.06. The molecule has 0 amide bonds. The number of carbonyl (C=O) groups excluding carboxylic acids is 2. The smallest absolute Gasteiger partial charge is 0.331 e. The van der Waals surface area contributed by atoms with E-state index in [0.29, 0.717) is 0 Å². The van der Waals surface area contributed by atoms with Gasteiger partial charge in [-0.3, -0.25) is 14.8 Å². The fraction of sp³-hybridized carbons (Fsp3) is 0.294. The number of para-hydroxylation sites is 1. The number of hydrogen-bond donors (Lipinski definition) is 0. The topological polar surface area (TPSA) is 59.1 Å². The predicted molar refractivity (Wildman–Crippen MR) is 84.1 cm³/mol. The second kappa shape index (κ2) is 6.16. The first-order valence-electron chi connectivity index (χ1n) is 7.32. The zero-order valence-corrected chi connectivity index (χ0v) is 13.0. The molecule has 0 N–H and O–H groups in total. The Morgan fingerprint density at radius 1 is 1.00 bits per heavy atom. The average molecular weight is 314 g/mol. The van der Waals surface area contributed by atoms with Crippen LogP contribution in [0.15, 0.2) is 54.8 Å². The lowest BCUT2D eigenvalue weighted by molar-refractivity contribution is -0.152. The molecule has 2 aliphatic heterocycles. The maximum Gasteiger partial charge on any atom is 0.331 e. The van der Waals surface area contributed by atoms with Crippen LogP contribution in [0, 0.1) is 5.92 Å². The first-order valence-corrected chi connectivity index (χ1v) is 7.32. The highest BCUT2D eigenvalue weighted by molar-refractivity contribution is 5.89. The van der Waals surface area contributed by atoms with Crippen molar-refractivity contribution < 1.29 is 19.1 Å². The lowest BCUT2D eigenvalue weighted by atomic mass is 9.92. The number of methoxy groups -OCH3 is 2. The lowest BCUT2D eigenvalue weighted by Crippen LogP contribution is -2.46. The maximum atomic E-state index is 12.4. The molecule has 1 fully saturated rings. The molecule has 120 valence electrons. The molecule has 0 aliphatic carbocycles. The number of carbonyl (C=O) groups is 2. The van der Waals surface area contributed by atoms with Gasteiger partial charge in [0.25, 0.3) is 0 Å². The van der Waals surface area contributed by atoms with E-state index in [0.717, 1.165) is 5.69 Å². The molecule has 0 aromatic heterocycles. The number of rotatable bonds is 3. The van der Waals surface area contributed by atoms with Crippen LogP contribution in [0.3, 0.4) is 0 Å². The Balaban J connectivity index is 2.11. The second-order valence-electron chi connectivity index (χ2n) is 5.29. The summed E-state index contributed by atoms with van der Waals surface area (Å²) >= 11 is 0. The van der Waals surface area contributed by atoms with Crippen LogP contribution < -0.4 is 5.01 Å². The number of hydrogen-bond acceptors (Lipinski definition) is 6. The van der Waals surface area contributed by atoms with Crippen molar-refractivity contribution in [3.8, 4) is 0 Å². The minimum absolute atomic E-state index is 0.295. The summed E-state index contributed by atoms with van der Waals surface area (Å²) in [5.41, 5.74) is 0.805. The van der Waals surface area contributed by atoms with Crippen molar-refractivity contribution in [2.45, 2.75) is 12.1 Å². The summed E-state index contributed by atoms with van der Waals surface area (Å²) in [5.74, 6) is -1.58. The molecule has 2 aliphatic rings. The van der Waals surface area contributed by atoms with Crippen molar-refractivity contribution in [1.82, 2.24) is 5.01 Å². The Morgan fingerprint density at radius 3 is 2.35 bits per heavy atom. The molecule has 1 unspecified atom stereocenters. The van der Waals surface area contributed by atoms with Crippen molar-refractivity contribution in [3.63, 3.8) is 0 Å². The Hall–Kier alpha value is -2.76. The summed E-state index contributed by atoms with van der Waals surface area (Å²) in [6.45, 7) is 0. The van der Waals surface area contributed by atoms with E-state index in [4.69, 9.17) is 9.47 Å². The molecule has 6 nitrogen and oxygen atoms in total. The zero-order valence-electron chi connectivity index (χ0n) is 13.0. The number of ether oxygens (including phenoxy) is 2. The van der Waals surface area contributed by atoms with E-state index in [-0.39, 0.29) is 6.04 Å². The number of benzene rings is 1. The second-order valence-corrected chi connectivity index (χ2v) is 5.29. The molecular formula is C17H18N2O4. The van der Waals surface area contributed by atoms with Gasteiger partial charge in [0.05, 0.1) is 25.9 Å². The highest BCUT2D eigenvalue weighted by atomic mass is 16.5. The standard InChI is InChI=1S/C17H18N2O4/c1-22-16(20)14-13-10-6-7-11-18(13)19(15(14)17(21)23-2)12-8-4-3-5-9-12/h3-11,13-15H,1-2H3/t13?,14-,15-/m1/s1. The largest absolute Gasteiger partial charge is 0.469 e. The van der Waals surface area contributed by atoms with Gasteiger partial charge in [0, 0.05) is 6.20 Å². The molecule has 6 heteroatoms. The summed E-state index contributed by atoms with van der Waals surface area (Å²) in [6, 6.07) is 8.36. The zero-order chi connectivity index (χ0) is 16.4. The Labute approximate surface area is 134 Å². The maximum absolute atomic E-state index is 12.4. The third kappa shape index (κ3) is 2.46. The molecular weight excluding hydrogens is 296 g/mol. The van der Waals surface area contributed by atoms with Gasteiger partial charge in [-0.05, 0) is 18.2 Å². The molecule has 1 aromatic carbocycles. The summed E-state index contributed by atoms with van der Waals surface area (Å²) in [6.07, 6.45) is 7.46. The number of anilines is 1. The third-order valence-electron chi connectivity index (χ3n) is 4.12. The van der Waals surface area contributed by atoms with E-state index in [1.54, 1.807) is 5.01 Å². The molecule has 3 atom stereocenters. The van der Waals surface area contributed by atoms with E-state index in [2.05, 4.69) is 0 Å². The molecule has 0 saturated carbocycles. The number of nitrogens with zero attached hydrogens (tertiary/aromatic N) is 2. The van der Waals surface area contributed by atoms with Crippen molar-refractivity contribution >= 4 is 17.6 Å². The van der Waals surface area contributed by atoms with Gasteiger partial charge in [0.15, 0.2) is 6.04 Å². The summed E-state index contributed by atoms with van der Waals surface area (Å²) in [4.78, 5) is 24.8. The molecule has 23 heavy (non-hydrogen) atoms.